The zero-order valence-electron chi connectivity index (χ0n) is 12.1. The third kappa shape index (κ3) is 3.71. The highest BCUT2D eigenvalue weighted by Crippen LogP contribution is 2.27. The predicted octanol–water partition coefficient (Wildman–Crippen LogP) is 2.82. The van der Waals surface area contributed by atoms with E-state index in [9.17, 15) is 0 Å². The number of hydrogen-bond acceptors (Lipinski definition) is 3. The van der Waals surface area contributed by atoms with Crippen LogP contribution in [0.15, 0.2) is 24.3 Å². The molecule has 0 aromatic heterocycles. The molecule has 1 aliphatic heterocycles. The van der Waals surface area contributed by atoms with Crippen LogP contribution in [0.3, 0.4) is 0 Å². The van der Waals surface area contributed by atoms with E-state index in [0.29, 0.717) is 19.2 Å². The quantitative estimate of drug-likeness (QED) is 0.887. The summed E-state index contributed by atoms with van der Waals surface area (Å²) in [5.74, 6) is 1.72. The number of likely N-dealkylation sites (tertiary alicyclic amines) is 1. The summed E-state index contributed by atoms with van der Waals surface area (Å²) in [6.07, 6.45) is 2.63. The van der Waals surface area contributed by atoms with Crippen molar-refractivity contribution < 1.29 is 4.74 Å². The van der Waals surface area contributed by atoms with Gasteiger partial charge in [0.2, 0.25) is 0 Å². The first kappa shape index (κ1) is 14.4. The van der Waals surface area contributed by atoms with E-state index in [-0.39, 0.29) is 0 Å². The molecule has 1 heterocycles. The summed E-state index contributed by atoms with van der Waals surface area (Å²) in [6, 6.07) is 8.76. The van der Waals surface area contributed by atoms with Crippen LogP contribution in [0.25, 0.3) is 0 Å². The minimum atomic E-state index is 0.346. The van der Waals surface area contributed by atoms with E-state index in [1.165, 1.54) is 24.9 Å². The normalized spacial score (nSPS) is 22.2. The molecule has 0 bridgehead atoms. The highest BCUT2D eigenvalue weighted by atomic mass is 16.5. The molecule has 1 saturated heterocycles. The number of nitrogens with two attached hydrogens (primary N) is 1. The topological polar surface area (TPSA) is 38.5 Å². The second-order valence-corrected chi connectivity index (χ2v) is 5.50. The lowest BCUT2D eigenvalue weighted by atomic mass is 9.96. The van der Waals surface area contributed by atoms with E-state index in [2.05, 4.69) is 36.1 Å². The van der Waals surface area contributed by atoms with Crippen LogP contribution >= 0.6 is 0 Å². The van der Waals surface area contributed by atoms with Gasteiger partial charge in [-0.2, -0.15) is 0 Å². The maximum absolute atomic E-state index is 6.00. The molecule has 3 heteroatoms. The molecule has 2 N–H and O–H groups in total. The van der Waals surface area contributed by atoms with Crippen LogP contribution in [0.4, 0.5) is 0 Å². The van der Waals surface area contributed by atoms with Gasteiger partial charge in [-0.15, -0.1) is 0 Å². The molecule has 1 fully saturated rings. The second-order valence-electron chi connectivity index (χ2n) is 5.50. The molecule has 2 rings (SSSR count). The summed E-state index contributed by atoms with van der Waals surface area (Å²) < 4.78 is 5.49. The number of ether oxygens (including phenoxy) is 1. The summed E-state index contributed by atoms with van der Waals surface area (Å²) in [5, 5.41) is 0. The Kier molecular flexibility index (Phi) is 5.23. The number of nitrogens with zero attached hydrogens (tertiary/aromatic N) is 1. The molecule has 0 unspecified atom stereocenters. The Hall–Kier alpha value is -1.06. The molecular weight excluding hydrogens is 236 g/mol. The monoisotopic (exact) mass is 262 g/mol. The first-order valence-corrected chi connectivity index (χ1v) is 7.41. The summed E-state index contributed by atoms with van der Waals surface area (Å²) in [7, 11) is 0. The third-order valence-corrected chi connectivity index (χ3v) is 3.93. The first-order valence-electron chi connectivity index (χ1n) is 7.41. The summed E-state index contributed by atoms with van der Waals surface area (Å²) in [6.45, 7) is 8.06. The largest absolute Gasteiger partial charge is 0.494 e. The van der Waals surface area contributed by atoms with Crippen molar-refractivity contribution in [2.45, 2.75) is 32.7 Å². The van der Waals surface area contributed by atoms with Gasteiger partial charge >= 0.3 is 0 Å². The fourth-order valence-electron chi connectivity index (χ4n) is 2.96. The highest BCUT2D eigenvalue weighted by Gasteiger charge is 2.24. The van der Waals surface area contributed by atoms with E-state index < -0.39 is 0 Å². The molecule has 0 saturated carbocycles. The maximum Gasteiger partial charge on any atom is 0.119 e. The minimum absolute atomic E-state index is 0.346. The van der Waals surface area contributed by atoms with Crippen molar-refractivity contribution >= 4 is 0 Å². The average molecular weight is 262 g/mol. The average Bonchev–Trinajstić information content (AvgIpc) is 2.42. The van der Waals surface area contributed by atoms with Gasteiger partial charge in [-0.1, -0.05) is 19.1 Å². The van der Waals surface area contributed by atoms with Crippen LogP contribution in [0.2, 0.25) is 0 Å². The van der Waals surface area contributed by atoms with Gasteiger partial charge in [0, 0.05) is 19.1 Å². The molecule has 1 aromatic carbocycles. The van der Waals surface area contributed by atoms with E-state index >= 15 is 0 Å². The maximum atomic E-state index is 6.00. The van der Waals surface area contributed by atoms with Crippen LogP contribution < -0.4 is 10.5 Å². The van der Waals surface area contributed by atoms with E-state index in [4.69, 9.17) is 10.5 Å². The van der Waals surface area contributed by atoms with Crippen LogP contribution in [-0.4, -0.2) is 31.1 Å². The fraction of sp³-hybridized carbons (Fsp3) is 0.625. The predicted molar refractivity (Wildman–Crippen MR) is 79.4 cm³/mol. The zero-order valence-corrected chi connectivity index (χ0v) is 12.1. The fourth-order valence-corrected chi connectivity index (χ4v) is 2.96. The van der Waals surface area contributed by atoms with Gasteiger partial charge in [-0.3, -0.25) is 4.90 Å². The highest BCUT2D eigenvalue weighted by molar-refractivity contribution is 5.29. The van der Waals surface area contributed by atoms with Crippen molar-refractivity contribution in [3.05, 3.63) is 29.8 Å². The molecule has 1 aliphatic rings. The standard InChI is InChI=1S/C16H26N2O/c1-3-19-15-8-6-14(7-9-15)16(11-17)18-10-4-5-13(2)12-18/h6-9,13,16H,3-5,10-12,17H2,1-2H3/t13-,16-/m0/s1. The van der Waals surface area contributed by atoms with Crippen LogP contribution in [0.1, 0.15) is 38.3 Å². The summed E-state index contributed by atoms with van der Waals surface area (Å²) in [5.41, 5.74) is 7.31. The zero-order chi connectivity index (χ0) is 13.7. The van der Waals surface area contributed by atoms with Gasteiger partial charge in [-0.25, -0.2) is 0 Å². The Balaban J connectivity index is 2.07. The van der Waals surface area contributed by atoms with Crippen LogP contribution in [-0.2, 0) is 0 Å². The van der Waals surface area contributed by atoms with Crippen molar-refractivity contribution in [1.29, 1.82) is 0 Å². The summed E-state index contributed by atoms with van der Waals surface area (Å²) in [4.78, 5) is 2.53. The van der Waals surface area contributed by atoms with Gasteiger partial charge in [0.05, 0.1) is 6.61 Å². The number of rotatable bonds is 5. The van der Waals surface area contributed by atoms with Crippen LogP contribution in [0.5, 0.6) is 5.75 Å². The Bertz CT molecular complexity index is 377. The second kappa shape index (κ2) is 6.92. The molecule has 0 amide bonds. The summed E-state index contributed by atoms with van der Waals surface area (Å²) >= 11 is 0. The number of hydrogen-bond donors (Lipinski definition) is 1. The van der Waals surface area contributed by atoms with Gasteiger partial charge in [-0.05, 0) is 49.9 Å². The smallest absolute Gasteiger partial charge is 0.119 e. The number of benzene rings is 1. The molecule has 106 valence electrons. The van der Waals surface area contributed by atoms with Gasteiger partial charge < -0.3 is 10.5 Å². The Morgan fingerprint density at radius 2 is 2.11 bits per heavy atom. The third-order valence-electron chi connectivity index (χ3n) is 3.93. The van der Waals surface area contributed by atoms with E-state index in [1.54, 1.807) is 0 Å². The minimum Gasteiger partial charge on any atom is -0.494 e. The van der Waals surface area contributed by atoms with Gasteiger partial charge in [0.1, 0.15) is 5.75 Å². The lowest BCUT2D eigenvalue weighted by molar-refractivity contribution is 0.133. The molecular formula is C16H26N2O. The lowest BCUT2D eigenvalue weighted by Gasteiger charge is -2.37. The van der Waals surface area contributed by atoms with Gasteiger partial charge in [0.15, 0.2) is 0 Å². The lowest BCUT2D eigenvalue weighted by Crippen LogP contribution is -2.40. The van der Waals surface area contributed by atoms with E-state index in [1.807, 2.05) is 6.92 Å². The molecule has 19 heavy (non-hydrogen) atoms. The molecule has 0 aliphatic carbocycles. The molecule has 0 spiro atoms. The Morgan fingerprint density at radius 3 is 2.68 bits per heavy atom. The molecule has 2 atom stereocenters. The van der Waals surface area contributed by atoms with Crippen molar-refractivity contribution in [2.75, 3.05) is 26.2 Å². The Morgan fingerprint density at radius 1 is 1.37 bits per heavy atom. The van der Waals surface area contributed by atoms with Gasteiger partial charge in [0.25, 0.3) is 0 Å². The Labute approximate surface area is 116 Å². The molecule has 0 radical (unpaired) electrons. The number of piperidine rings is 1. The van der Waals surface area contributed by atoms with Crippen molar-refractivity contribution in [3.63, 3.8) is 0 Å². The molecule has 1 aromatic rings. The van der Waals surface area contributed by atoms with Crippen LogP contribution in [0, 0.1) is 5.92 Å². The first-order chi connectivity index (χ1) is 9.24. The van der Waals surface area contributed by atoms with Crippen molar-refractivity contribution in [1.82, 2.24) is 4.90 Å². The van der Waals surface area contributed by atoms with Crippen molar-refractivity contribution in [3.8, 4) is 5.75 Å². The molecule has 3 nitrogen and oxygen atoms in total. The van der Waals surface area contributed by atoms with E-state index in [0.717, 1.165) is 18.2 Å². The van der Waals surface area contributed by atoms with Crippen molar-refractivity contribution in [2.24, 2.45) is 11.7 Å². The SMILES string of the molecule is CCOc1ccc([C@H](CN)N2CCC[C@H](C)C2)cc1.